The van der Waals surface area contributed by atoms with Crippen molar-refractivity contribution in [1.82, 2.24) is 9.78 Å². The first kappa shape index (κ1) is 7.42. The Bertz CT molecular complexity index is 326. The molecule has 1 aromatic rings. The molecule has 0 aromatic carbocycles. The van der Waals surface area contributed by atoms with Crippen LogP contribution in [0.4, 0.5) is 0 Å². The van der Waals surface area contributed by atoms with Crippen LogP contribution in [0.2, 0.25) is 0 Å². The number of aromatic nitrogens is 2. The van der Waals surface area contributed by atoms with E-state index in [2.05, 4.69) is 22.6 Å². The molecule has 0 atom stereocenters. The van der Waals surface area contributed by atoms with E-state index in [0.29, 0.717) is 6.04 Å². The van der Waals surface area contributed by atoms with Crippen LogP contribution in [0.25, 0.3) is 0 Å². The summed E-state index contributed by atoms with van der Waals surface area (Å²) in [5.41, 5.74) is 2.18. The second-order valence-electron chi connectivity index (χ2n) is 3.18. The maximum atomic E-state index is 5.36. The van der Waals surface area contributed by atoms with E-state index in [4.69, 9.17) is 6.42 Å². The summed E-state index contributed by atoms with van der Waals surface area (Å²) in [5.74, 6) is 2.67. The van der Waals surface area contributed by atoms with Crippen molar-refractivity contribution in [2.75, 3.05) is 0 Å². The molecule has 1 aromatic heterocycles. The average Bonchev–Trinajstić information content (AvgIpc) is 2.85. The molecule has 2 rings (SSSR count). The first-order valence-electron chi connectivity index (χ1n) is 4.39. The van der Waals surface area contributed by atoms with Crippen molar-refractivity contribution >= 4 is 0 Å². The summed E-state index contributed by atoms with van der Waals surface area (Å²) in [6.07, 6.45) is 10.7. The SMILES string of the molecule is C#Cc1cnn(C2CC2)c1CC. The lowest BCUT2D eigenvalue weighted by molar-refractivity contribution is 0.609. The van der Waals surface area contributed by atoms with Crippen LogP contribution in [0.15, 0.2) is 6.20 Å². The van der Waals surface area contributed by atoms with Crippen molar-refractivity contribution in [2.24, 2.45) is 0 Å². The number of rotatable bonds is 2. The molecule has 1 aliphatic rings. The van der Waals surface area contributed by atoms with Gasteiger partial charge >= 0.3 is 0 Å². The summed E-state index contributed by atoms with van der Waals surface area (Å²) in [7, 11) is 0. The molecule has 0 spiro atoms. The highest BCUT2D eigenvalue weighted by atomic mass is 15.3. The molecule has 2 heteroatoms. The Labute approximate surface area is 72.6 Å². The Morgan fingerprint density at radius 2 is 2.50 bits per heavy atom. The van der Waals surface area contributed by atoms with Gasteiger partial charge in [-0.15, -0.1) is 6.42 Å². The minimum Gasteiger partial charge on any atom is -0.265 e. The van der Waals surface area contributed by atoms with Gasteiger partial charge in [0.1, 0.15) is 0 Å². The third-order valence-electron chi connectivity index (χ3n) is 2.28. The molecule has 0 N–H and O–H groups in total. The van der Waals surface area contributed by atoms with E-state index in [-0.39, 0.29) is 0 Å². The fourth-order valence-electron chi connectivity index (χ4n) is 1.49. The molecule has 0 saturated heterocycles. The van der Waals surface area contributed by atoms with Gasteiger partial charge in [0.05, 0.1) is 23.5 Å². The van der Waals surface area contributed by atoms with Crippen LogP contribution in [0, 0.1) is 12.3 Å². The molecule has 1 aliphatic carbocycles. The molecular formula is C10H12N2. The smallest absolute Gasteiger partial charge is 0.0654 e. The van der Waals surface area contributed by atoms with Crippen LogP contribution < -0.4 is 0 Å². The fourth-order valence-corrected chi connectivity index (χ4v) is 1.49. The quantitative estimate of drug-likeness (QED) is 0.603. The van der Waals surface area contributed by atoms with Crippen LogP contribution in [-0.4, -0.2) is 9.78 Å². The number of terminal acetylenes is 1. The highest BCUT2D eigenvalue weighted by Gasteiger charge is 2.26. The van der Waals surface area contributed by atoms with Crippen LogP contribution in [0.1, 0.15) is 37.1 Å². The first-order chi connectivity index (χ1) is 5.86. The molecule has 0 unspecified atom stereocenters. The number of hydrogen-bond donors (Lipinski definition) is 0. The lowest BCUT2D eigenvalue weighted by atomic mass is 10.2. The van der Waals surface area contributed by atoms with Crippen molar-refractivity contribution < 1.29 is 0 Å². The second-order valence-corrected chi connectivity index (χ2v) is 3.18. The molecule has 0 radical (unpaired) electrons. The minimum atomic E-state index is 0.641. The van der Waals surface area contributed by atoms with E-state index in [0.717, 1.165) is 12.0 Å². The Hall–Kier alpha value is -1.23. The van der Waals surface area contributed by atoms with Gasteiger partial charge in [0.25, 0.3) is 0 Å². The lowest BCUT2D eigenvalue weighted by Gasteiger charge is -2.02. The Morgan fingerprint density at radius 3 is 3.00 bits per heavy atom. The van der Waals surface area contributed by atoms with Crippen LogP contribution in [-0.2, 0) is 6.42 Å². The minimum absolute atomic E-state index is 0.641. The molecule has 0 bridgehead atoms. The molecule has 62 valence electrons. The van der Waals surface area contributed by atoms with Gasteiger partial charge in [-0.3, -0.25) is 4.68 Å². The van der Waals surface area contributed by atoms with Crippen molar-refractivity contribution in [2.45, 2.75) is 32.2 Å². The fraction of sp³-hybridized carbons (Fsp3) is 0.500. The topological polar surface area (TPSA) is 17.8 Å². The average molecular weight is 160 g/mol. The Morgan fingerprint density at radius 1 is 1.75 bits per heavy atom. The van der Waals surface area contributed by atoms with Crippen LogP contribution in [0.5, 0.6) is 0 Å². The van der Waals surface area contributed by atoms with E-state index >= 15 is 0 Å². The Kier molecular flexibility index (Phi) is 1.65. The van der Waals surface area contributed by atoms with Crippen molar-refractivity contribution in [3.05, 3.63) is 17.5 Å². The summed E-state index contributed by atoms with van der Waals surface area (Å²) in [6, 6.07) is 0.641. The van der Waals surface area contributed by atoms with Crippen molar-refractivity contribution in [3.63, 3.8) is 0 Å². The van der Waals surface area contributed by atoms with Crippen molar-refractivity contribution in [3.8, 4) is 12.3 Å². The Balaban J connectivity index is 2.41. The van der Waals surface area contributed by atoms with E-state index in [9.17, 15) is 0 Å². The third kappa shape index (κ3) is 1.02. The molecule has 0 amide bonds. The zero-order valence-corrected chi connectivity index (χ0v) is 7.25. The van der Waals surface area contributed by atoms with E-state index in [1.54, 1.807) is 6.20 Å². The summed E-state index contributed by atoms with van der Waals surface area (Å²) in [4.78, 5) is 0. The maximum Gasteiger partial charge on any atom is 0.0654 e. The number of nitrogens with zero attached hydrogens (tertiary/aromatic N) is 2. The predicted molar refractivity (Wildman–Crippen MR) is 47.8 cm³/mol. The zero-order chi connectivity index (χ0) is 8.55. The summed E-state index contributed by atoms with van der Waals surface area (Å²) in [5, 5.41) is 4.29. The monoisotopic (exact) mass is 160 g/mol. The molecule has 1 fully saturated rings. The summed E-state index contributed by atoms with van der Waals surface area (Å²) < 4.78 is 2.09. The van der Waals surface area contributed by atoms with Gasteiger partial charge < -0.3 is 0 Å². The van der Waals surface area contributed by atoms with Crippen LogP contribution >= 0.6 is 0 Å². The van der Waals surface area contributed by atoms with Crippen molar-refractivity contribution in [1.29, 1.82) is 0 Å². The van der Waals surface area contributed by atoms with E-state index in [1.165, 1.54) is 18.5 Å². The van der Waals surface area contributed by atoms with Gasteiger partial charge in [-0.2, -0.15) is 5.10 Å². The van der Waals surface area contributed by atoms with Gasteiger partial charge in [-0.05, 0) is 19.3 Å². The van der Waals surface area contributed by atoms with Gasteiger partial charge in [0, 0.05) is 0 Å². The highest BCUT2D eigenvalue weighted by molar-refractivity contribution is 5.34. The van der Waals surface area contributed by atoms with E-state index in [1.807, 2.05) is 0 Å². The van der Waals surface area contributed by atoms with E-state index < -0.39 is 0 Å². The number of hydrogen-bond acceptors (Lipinski definition) is 1. The molecule has 1 saturated carbocycles. The molecule has 2 nitrogen and oxygen atoms in total. The largest absolute Gasteiger partial charge is 0.265 e. The second kappa shape index (κ2) is 2.67. The van der Waals surface area contributed by atoms with Gasteiger partial charge in [-0.25, -0.2) is 0 Å². The third-order valence-corrected chi connectivity index (χ3v) is 2.28. The molecule has 0 aliphatic heterocycles. The molecular weight excluding hydrogens is 148 g/mol. The predicted octanol–water partition coefficient (Wildman–Crippen LogP) is 1.76. The standard InChI is InChI=1S/C10H12N2/c1-3-8-7-11-12(9-5-6-9)10(8)4-2/h1,7,9H,4-6H2,2H3. The summed E-state index contributed by atoms with van der Waals surface area (Å²) >= 11 is 0. The van der Waals surface area contributed by atoms with Gasteiger partial charge in [0.15, 0.2) is 0 Å². The molecule has 1 heterocycles. The van der Waals surface area contributed by atoms with Gasteiger partial charge in [-0.1, -0.05) is 12.8 Å². The zero-order valence-electron chi connectivity index (χ0n) is 7.25. The van der Waals surface area contributed by atoms with Gasteiger partial charge in [0.2, 0.25) is 0 Å². The first-order valence-corrected chi connectivity index (χ1v) is 4.39. The van der Waals surface area contributed by atoms with Crippen LogP contribution in [0.3, 0.4) is 0 Å². The lowest BCUT2D eigenvalue weighted by Crippen LogP contribution is -2.01. The molecule has 12 heavy (non-hydrogen) atoms. The summed E-state index contributed by atoms with van der Waals surface area (Å²) in [6.45, 7) is 2.12. The normalized spacial score (nSPS) is 16.0. The highest BCUT2D eigenvalue weighted by Crippen LogP contribution is 2.35. The maximum absolute atomic E-state index is 5.36.